The molecule has 0 heterocycles. The van der Waals surface area contributed by atoms with E-state index in [0.29, 0.717) is 12.8 Å². The Morgan fingerprint density at radius 2 is 0.908 bits per heavy atom. The number of unbranched alkanes of at least 4 members (excludes halogenated alkanes) is 22. The van der Waals surface area contributed by atoms with Crippen LogP contribution in [0.4, 0.5) is 0 Å². The van der Waals surface area contributed by atoms with Crippen LogP contribution in [0, 0.1) is 0 Å². The van der Waals surface area contributed by atoms with Gasteiger partial charge < -0.3 is 28.6 Å². The lowest BCUT2D eigenvalue weighted by molar-refractivity contribution is -0.889. The normalized spacial score (nSPS) is 13.6. The van der Waals surface area contributed by atoms with Crippen molar-refractivity contribution >= 4 is 17.9 Å². The Bertz CT molecular complexity index is 1330. The molecule has 8 heteroatoms. The minimum Gasteiger partial charge on any atom is -0.544 e. The highest BCUT2D eigenvalue weighted by molar-refractivity contribution is 5.70. The maximum atomic E-state index is 12.8. The number of esters is 2. The largest absolute Gasteiger partial charge is 0.544 e. The topological polar surface area (TPSA) is 102 Å². The van der Waals surface area contributed by atoms with Crippen LogP contribution in [0.3, 0.4) is 0 Å². The molecule has 0 N–H and O–H groups in total. The van der Waals surface area contributed by atoms with E-state index in [4.69, 9.17) is 14.2 Å². The van der Waals surface area contributed by atoms with E-state index in [1.165, 1.54) is 89.9 Å². The Morgan fingerprint density at radius 1 is 0.477 bits per heavy atom. The molecule has 8 nitrogen and oxygen atoms in total. The van der Waals surface area contributed by atoms with Gasteiger partial charge in [-0.25, -0.2) is 0 Å². The third-order valence-electron chi connectivity index (χ3n) is 11.4. The van der Waals surface area contributed by atoms with Crippen LogP contribution >= 0.6 is 0 Å². The second-order valence-electron chi connectivity index (χ2n) is 18.5. The summed E-state index contributed by atoms with van der Waals surface area (Å²) in [4.78, 5) is 37.1. The van der Waals surface area contributed by atoms with Gasteiger partial charge in [0, 0.05) is 19.3 Å². The molecule has 2 unspecified atom stereocenters. The van der Waals surface area contributed by atoms with Gasteiger partial charge >= 0.3 is 11.9 Å². The fourth-order valence-corrected chi connectivity index (χ4v) is 7.31. The molecule has 0 aliphatic rings. The van der Waals surface area contributed by atoms with Gasteiger partial charge in [0.1, 0.15) is 12.6 Å². The van der Waals surface area contributed by atoms with Crippen molar-refractivity contribution in [3.05, 3.63) is 85.1 Å². The number of rotatable bonds is 46. The zero-order valence-corrected chi connectivity index (χ0v) is 42.4. The number of carboxylic acid groups (broad SMARTS) is 1. The number of hydrogen-bond donors (Lipinski definition) is 0. The van der Waals surface area contributed by atoms with Crippen molar-refractivity contribution in [1.82, 2.24) is 0 Å². The molecular formula is C57H97NO7. The molecule has 0 rings (SSSR count). The zero-order valence-electron chi connectivity index (χ0n) is 42.4. The van der Waals surface area contributed by atoms with Crippen LogP contribution in [-0.4, -0.2) is 75.5 Å². The maximum Gasteiger partial charge on any atom is 0.306 e. The first-order valence-electron chi connectivity index (χ1n) is 26.2. The molecule has 0 aromatic carbocycles. The predicted molar refractivity (Wildman–Crippen MR) is 272 cm³/mol. The van der Waals surface area contributed by atoms with Crippen molar-refractivity contribution in [2.24, 2.45) is 0 Å². The zero-order chi connectivity index (χ0) is 47.7. The van der Waals surface area contributed by atoms with Gasteiger partial charge in [-0.1, -0.05) is 208 Å². The molecule has 0 aromatic rings. The molecule has 0 aromatic heterocycles. The second kappa shape index (κ2) is 47.0. The fraction of sp³-hybridized carbons (Fsp3) is 0.702. The first kappa shape index (κ1) is 61.5. The number of quaternary nitrogens is 1. The molecule has 372 valence electrons. The van der Waals surface area contributed by atoms with Gasteiger partial charge in [-0.05, 0) is 64.2 Å². The molecule has 0 fully saturated rings. The molecule has 0 saturated heterocycles. The quantitative estimate of drug-likeness (QED) is 0.0197. The van der Waals surface area contributed by atoms with Crippen LogP contribution in [0.2, 0.25) is 0 Å². The summed E-state index contributed by atoms with van der Waals surface area (Å²) >= 11 is 0. The third kappa shape index (κ3) is 45.5. The summed E-state index contributed by atoms with van der Waals surface area (Å²) < 4.78 is 17.2. The van der Waals surface area contributed by atoms with Crippen LogP contribution in [0.25, 0.3) is 0 Å². The third-order valence-corrected chi connectivity index (χ3v) is 11.4. The summed E-state index contributed by atoms with van der Waals surface area (Å²) in [5.74, 6) is -1.78. The number of aliphatic carboxylic acids is 1. The number of hydrogen-bond acceptors (Lipinski definition) is 7. The van der Waals surface area contributed by atoms with Crippen LogP contribution in [0.5, 0.6) is 0 Å². The van der Waals surface area contributed by atoms with Crippen LogP contribution in [-0.2, 0) is 28.6 Å². The molecule has 0 bridgehead atoms. The number of carbonyl (C=O) groups is 3. The molecular weight excluding hydrogens is 811 g/mol. The smallest absolute Gasteiger partial charge is 0.306 e. The van der Waals surface area contributed by atoms with Crippen molar-refractivity contribution < 1.29 is 38.2 Å². The molecule has 0 saturated carbocycles. The monoisotopic (exact) mass is 908 g/mol. The SMILES string of the molecule is CCC/C=C/C=C/C=C/C=C/C=C/CCCCCCCC(=O)OCC(COCCC(C(=O)[O-])[N+](C)(C)C)OC(=O)CCCCCCCCC/C=C/C/C=C/CCCCCCCCCCC. The number of carboxylic acids is 1. The lowest BCUT2D eigenvalue weighted by Gasteiger charge is -2.34. The van der Waals surface area contributed by atoms with E-state index in [-0.39, 0.29) is 42.7 Å². The van der Waals surface area contributed by atoms with E-state index in [9.17, 15) is 19.5 Å². The predicted octanol–water partition coefficient (Wildman–Crippen LogP) is 13.9. The minimum absolute atomic E-state index is 0.0243. The molecule has 65 heavy (non-hydrogen) atoms. The Morgan fingerprint density at radius 3 is 1.38 bits per heavy atom. The van der Waals surface area contributed by atoms with Crippen molar-refractivity contribution in [2.45, 2.75) is 219 Å². The Hall–Kier alpha value is -3.49. The molecule has 0 amide bonds. The summed E-state index contributed by atoms with van der Waals surface area (Å²) in [6, 6.07) is -0.737. The first-order chi connectivity index (χ1) is 31.6. The Labute approximate surface area is 399 Å². The van der Waals surface area contributed by atoms with E-state index >= 15 is 0 Å². The van der Waals surface area contributed by atoms with Crippen molar-refractivity contribution in [2.75, 3.05) is 41.0 Å². The van der Waals surface area contributed by atoms with E-state index in [0.717, 1.165) is 83.5 Å². The number of carbonyl (C=O) groups excluding carboxylic acids is 3. The molecule has 0 spiro atoms. The van der Waals surface area contributed by atoms with Gasteiger partial charge in [-0.15, -0.1) is 0 Å². The first-order valence-corrected chi connectivity index (χ1v) is 26.2. The van der Waals surface area contributed by atoms with Gasteiger partial charge in [0.25, 0.3) is 0 Å². The van der Waals surface area contributed by atoms with Gasteiger partial charge in [0.2, 0.25) is 0 Å². The maximum absolute atomic E-state index is 12.8. The van der Waals surface area contributed by atoms with E-state index < -0.39 is 18.1 Å². The average molecular weight is 908 g/mol. The highest BCUT2D eigenvalue weighted by Crippen LogP contribution is 2.14. The van der Waals surface area contributed by atoms with Gasteiger partial charge in [0.15, 0.2) is 6.10 Å². The summed E-state index contributed by atoms with van der Waals surface area (Å²) in [6.45, 7) is 4.54. The molecule has 2 atom stereocenters. The van der Waals surface area contributed by atoms with E-state index in [1.54, 1.807) is 21.1 Å². The van der Waals surface area contributed by atoms with Gasteiger partial charge in [-0.3, -0.25) is 9.59 Å². The summed E-state index contributed by atoms with van der Waals surface area (Å²) in [5, 5.41) is 11.7. The summed E-state index contributed by atoms with van der Waals surface area (Å²) in [6.07, 6.45) is 61.8. The number of allylic oxidation sites excluding steroid dienone is 14. The molecule has 0 radical (unpaired) electrons. The number of nitrogens with zero attached hydrogens (tertiary/aromatic N) is 1. The lowest BCUT2D eigenvalue weighted by atomic mass is 10.1. The molecule has 0 aliphatic heterocycles. The van der Waals surface area contributed by atoms with Crippen LogP contribution in [0.15, 0.2) is 85.1 Å². The lowest BCUT2D eigenvalue weighted by Crippen LogP contribution is -2.55. The fourth-order valence-electron chi connectivity index (χ4n) is 7.31. The van der Waals surface area contributed by atoms with Gasteiger partial charge in [0.05, 0.1) is 40.3 Å². The second-order valence-corrected chi connectivity index (χ2v) is 18.5. The van der Waals surface area contributed by atoms with Gasteiger partial charge in [-0.2, -0.15) is 0 Å². The number of likely N-dealkylation sites (N-methyl/N-ethyl adjacent to an activating group) is 1. The Kier molecular flexibility index (Phi) is 44.5. The Balaban J connectivity index is 4.31. The number of ether oxygens (including phenoxy) is 3. The standard InChI is InChI=1S/C57H97NO7/c1-6-8-10-12-14-16-18-20-22-24-26-27-28-29-30-32-34-36-38-40-42-44-46-48-56(60)65-53(51-63-50-49-54(57(61)62)58(3,4)5)52-64-55(59)47-45-43-41-39-37-35-33-31-25-23-21-19-17-15-13-11-9-7-2/h11,13,15,17,19,21,23,25-27,29-31,33,53-54H,6-10,12,14,16,18,20,22,24,28,32,34-52H2,1-5H3/b13-11+,17-15+,21-19+,25-23+,27-26+,30-29+,33-31+. The minimum atomic E-state index is -1.13. The summed E-state index contributed by atoms with van der Waals surface area (Å²) in [7, 11) is 5.40. The van der Waals surface area contributed by atoms with Crippen molar-refractivity contribution in [1.29, 1.82) is 0 Å². The molecule has 0 aliphatic carbocycles. The van der Waals surface area contributed by atoms with Crippen molar-refractivity contribution in [3.8, 4) is 0 Å². The van der Waals surface area contributed by atoms with E-state index in [1.807, 2.05) is 36.5 Å². The highest BCUT2D eigenvalue weighted by atomic mass is 16.6. The van der Waals surface area contributed by atoms with E-state index in [2.05, 4.69) is 62.5 Å². The average Bonchev–Trinajstić information content (AvgIpc) is 3.27. The van der Waals surface area contributed by atoms with Crippen molar-refractivity contribution in [3.63, 3.8) is 0 Å². The van der Waals surface area contributed by atoms with Crippen LogP contribution < -0.4 is 5.11 Å². The summed E-state index contributed by atoms with van der Waals surface area (Å²) in [5.41, 5.74) is 0. The van der Waals surface area contributed by atoms with Crippen LogP contribution in [0.1, 0.15) is 206 Å². The highest BCUT2D eigenvalue weighted by Gasteiger charge is 2.25.